The van der Waals surface area contributed by atoms with Gasteiger partial charge in [-0.3, -0.25) is 10.1 Å². The van der Waals surface area contributed by atoms with Crippen molar-refractivity contribution in [1.29, 1.82) is 5.26 Å². The van der Waals surface area contributed by atoms with Gasteiger partial charge in [-0.2, -0.15) is 5.26 Å². The molecule has 0 saturated carbocycles. The zero-order chi connectivity index (χ0) is 13.8. The van der Waals surface area contributed by atoms with E-state index in [9.17, 15) is 18.5 Å². The molecule has 1 N–H and O–H groups in total. The molecular weight excluding hydrogens is 260 g/mol. The summed E-state index contributed by atoms with van der Waals surface area (Å²) in [6.45, 7) is 0.0125. The standard InChI is InChI=1S/C9H10N4O4S/c1-18(16,17)3-2-11-9-8(13(14)15)4-7(5-10)6-12-9/h4,6H,2-3H2,1H3,(H,11,12). The van der Waals surface area contributed by atoms with Crippen LogP contribution in [0, 0.1) is 21.4 Å². The van der Waals surface area contributed by atoms with E-state index in [4.69, 9.17) is 5.26 Å². The summed E-state index contributed by atoms with van der Waals surface area (Å²) in [6.07, 6.45) is 2.24. The number of hydrogen-bond donors (Lipinski definition) is 1. The van der Waals surface area contributed by atoms with Crippen molar-refractivity contribution in [2.75, 3.05) is 23.9 Å². The lowest BCUT2D eigenvalue weighted by molar-refractivity contribution is -0.384. The third-order valence-corrected chi connectivity index (χ3v) is 2.90. The van der Waals surface area contributed by atoms with E-state index in [2.05, 4.69) is 10.3 Å². The van der Waals surface area contributed by atoms with Gasteiger partial charge in [-0.1, -0.05) is 0 Å². The summed E-state index contributed by atoms with van der Waals surface area (Å²) < 4.78 is 21.8. The Balaban J connectivity index is 2.89. The fourth-order valence-corrected chi connectivity index (χ4v) is 1.62. The molecule has 8 nitrogen and oxygen atoms in total. The van der Waals surface area contributed by atoms with Gasteiger partial charge in [0, 0.05) is 25.1 Å². The summed E-state index contributed by atoms with van der Waals surface area (Å²) in [6, 6.07) is 2.82. The molecule has 0 unspecified atom stereocenters. The van der Waals surface area contributed by atoms with Crippen molar-refractivity contribution in [1.82, 2.24) is 4.98 Å². The molecule has 0 saturated heterocycles. The SMILES string of the molecule is CS(=O)(=O)CCNc1ncc(C#N)cc1[N+](=O)[O-]. The quantitative estimate of drug-likeness (QED) is 0.602. The second kappa shape index (κ2) is 5.42. The van der Waals surface area contributed by atoms with Crippen LogP contribution in [0.4, 0.5) is 11.5 Å². The second-order valence-corrected chi connectivity index (χ2v) is 5.78. The molecule has 9 heteroatoms. The number of nitrogens with zero attached hydrogens (tertiary/aromatic N) is 3. The Bertz CT molecular complexity index is 605. The fourth-order valence-electron chi connectivity index (χ4n) is 1.14. The van der Waals surface area contributed by atoms with E-state index in [-0.39, 0.29) is 29.4 Å². The smallest absolute Gasteiger partial charge is 0.312 e. The van der Waals surface area contributed by atoms with Gasteiger partial charge in [0.25, 0.3) is 0 Å². The first-order valence-corrected chi connectivity index (χ1v) is 6.85. The van der Waals surface area contributed by atoms with Gasteiger partial charge in [0.2, 0.25) is 5.82 Å². The van der Waals surface area contributed by atoms with Crippen LogP contribution in [0.15, 0.2) is 12.3 Å². The summed E-state index contributed by atoms with van der Waals surface area (Å²) in [5.41, 5.74) is -0.294. The van der Waals surface area contributed by atoms with Gasteiger partial charge >= 0.3 is 5.69 Å². The summed E-state index contributed by atoms with van der Waals surface area (Å²) in [4.78, 5) is 13.8. The first-order valence-electron chi connectivity index (χ1n) is 4.79. The minimum Gasteiger partial charge on any atom is -0.363 e. The highest BCUT2D eigenvalue weighted by molar-refractivity contribution is 7.90. The molecule has 0 aliphatic heterocycles. The van der Waals surface area contributed by atoms with Crippen LogP contribution in [-0.2, 0) is 9.84 Å². The Morgan fingerprint density at radius 2 is 2.28 bits per heavy atom. The van der Waals surface area contributed by atoms with Crippen LogP contribution in [0.5, 0.6) is 0 Å². The molecule has 1 heterocycles. The summed E-state index contributed by atoms with van der Waals surface area (Å²) in [7, 11) is -3.15. The van der Waals surface area contributed by atoms with E-state index in [0.29, 0.717) is 0 Å². The Morgan fingerprint density at radius 3 is 2.78 bits per heavy atom. The maximum Gasteiger partial charge on any atom is 0.312 e. The lowest BCUT2D eigenvalue weighted by Crippen LogP contribution is -2.15. The van der Waals surface area contributed by atoms with Crippen molar-refractivity contribution in [3.05, 3.63) is 27.9 Å². The van der Waals surface area contributed by atoms with Crippen LogP contribution in [0.2, 0.25) is 0 Å². The number of nitrogens with one attached hydrogen (secondary N) is 1. The lowest BCUT2D eigenvalue weighted by atomic mass is 10.3. The molecule has 0 amide bonds. The average molecular weight is 270 g/mol. The van der Waals surface area contributed by atoms with Gasteiger partial charge < -0.3 is 5.32 Å². The average Bonchev–Trinajstić information content (AvgIpc) is 2.27. The zero-order valence-corrected chi connectivity index (χ0v) is 10.3. The van der Waals surface area contributed by atoms with E-state index in [1.807, 2.05) is 0 Å². The van der Waals surface area contributed by atoms with E-state index in [1.54, 1.807) is 6.07 Å². The molecule has 1 rings (SSSR count). The van der Waals surface area contributed by atoms with Crippen LogP contribution in [0.1, 0.15) is 5.56 Å². The molecule has 1 aromatic rings. The van der Waals surface area contributed by atoms with Gasteiger partial charge in [0.05, 0.1) is 16.2 Å². The van der Waals surface area contributed by atoms with Crippen molar-refractivity contribution in [3.63, 3.8) is 0 Å². The number of pyridine rings is 1. The number of aromatic nitrogens is 1. The largest absolute Gasteiger partial charge is 0.363 e. The number of sulfone groups is 1. The van der Waals surface area contributed by atoms with E-state index in [0.717, 1.165) is 12.3 Å². The second-order valence-electron chi connectivity index (χ2n) is 3.52. The topological polar surface area (TPSA) is 126 Å². The maximum absolute atomic E-state index is 10.9. The molecule has 0 spiro atoms. The molecule has 0 bridgehead atoms. The van der Waals surface area contributed by atoms with Crippen molar-refractivity contribution < 1.29 is 13.3 Å². The van der Waals surface area contributed by atoms with Crippen molar-refractivity contribution in [3.8, 4) is 6.07 Å². The third kappa shape index (κ3) is 3.99. The molecule has 96 valence electrons. The van der Waals surface area contributed by atoms with Gasteiger partial charge in [0.1, 0.15) is 15.9 Å². The van der Waals surface area contributed by atoms with Crippen LogP contribution in [0.25, 0.3) is 0 Å². The lowest BCUT2D eigenvalue weighted by Gasteiger charge is -2.05. The molecule has 0 aromatic carbocycles. The number of nitro groups is 1. The van der Waals surface area contributed by atoms with Crippen LogP contribution in [0.3, 0.4) is 0 Å². The molecular formula is C9H10N4O4S. The molecule has 0 atom stereocenters. The Labute approximate surface area is 103 Å². The third-order valence-electron chi connectivity index (χ3n) is 1.96. The summed E-state index contributed by atoms with van der Waals surface area (Å²) in [5.74, 6) is -0.214. The normalized spacial score (nSPS) is 10.7. The summed E-state index contributed by atoms with van der Waals surface area (Å²) >= 11 is 0. The first kappa shape index (κ1) is 13.9. The predicted octanol–water partition coefficient (Wildman–Crippen LogP) is 0.318. The van der Waals surface area contributed by atoms with E-state index < -0.39 is 14.8 Å². The van der Waals surface area contributed by atoms with Crippen molar-refractivity contribution in [2.24, 2.45) is 0 Å². The van der Waals surface area contributed by atoms with Crippen LogP contribution < -0.4 is 5.32 Å². The monoisotopic (exact) mass is 270 g/mol. The zero-order valence-electron chi connectivity index (χ0n) is 9.45. The van der Waals surface area contributed by atoms with E-state index in [1.165, 1.54) is 6.20 Å². The Hall–Kier alpha value is -2.21. The highest BCUT2D eigenvalue weighted by atomic mass is 32.2. The maximum atomic E-state index is 10.9. The molecule has 18 heavy (non-hydrogen) atoms. The summed E-state index contributed by atoms with van der Waals surface area (Å²) in [5, 5.41) is 21.9. The number of rotatable bonds is 5. The number of hydrogen-bond acceptors (Lipinski definition) is 7. The van der Waals surface area contributed by atoms with Crippen molar-refractivity contribution in [2.45, 2.75) is 0 Å². The van der Waals surface area contributed by atoms with Gasteiger partial charge in [-0.05, 0) is 0 Å². The predicted molar refractivity (Wildman–Crippen MR) is 63.8 cm³/mol. The minimum atomic E-state index is -3.15. The molecule has 1 aromatic heterocycles. The van der Waals surface area contributed by atoms with Gasteiger partial charge in [-0.25, -0.2) is 13.4 Å². The molecule has 0 aliphatic rings. The Morgan fingerprint density at radius 1 is 1.61 bits per heavy atom. The van der Waals surface area contributed by atoms with E-state index >= 15 is 0 Å². The van der Waals surface area contributed by atoms with Gasteiger partial charge in [0.15, 0.2) is 0 Å². The molecule has 0 radical (unpaired) electrons. The number of nitriles is 1. The van der Waals surface area contributed by atoms with Gasteiger partial charge in [-0.15, -0.1) is 0 Å². The molecule has 0 aliphatic carbocycles. The molecule has 0 fully saturated rings. The highest BCUT2D eigenvalue weighted by Crippen LogP contribution is 2.22. The highest BCUT2D eigenvalue weighted by Gasteiger charge is 2.16. The van der Waals surface area contributed by atoms with Crippen LogP contribution >= 0.6 is 0 Å². The van der Waals surface area contributed by atoms with Crippen molar-refractivity contribution >= 4 is 21.3 Å². The Kier molecular flexibility index (Phi) is 4.17. The minimum absolute atomic E-state index is 0.0125. The first-order chi connectivity index (χ1) is 8.33. The van der Waals surface area contributed by atoms with Crippen LogP contribution in [-0.4, -0.2) is 36.9 Å². The fraction of sp³-hybridized carbons (Fsp3) is 0.333. The number of anilines is 1.